The molecule has 1 atom stereocenters. The van der Waals surface area contributed by atoms with E-state index in [1.165, 1.54) is 0 Å². The van der Waals surface area contributed by atoms with Crippen molar-refractivity contribution in [2.75, 3.05) is 0 Å². The van der Waals surface area contributed by atoms with Gasteiger partial charge < -0.3 is 20.6 Å². The summed E-state index contributed by atoms with van der Waals surface area (Å²) in [5.41, 5.74) is 6.60. The SMILES string of the molecule is NC(=O)C(=O)C(Cc1cc[nH]c1)NC(=O)c1conc1-c1ccccn1. The molecule has 0 saturated heterocycles. The first-order valence-corrected chi connectivity index (χ1v) is 7.68. The van der Waals surface area contributed by atoms with Crippen LogP contribution in [-0.4, -0.2) is 38.8 Å². The van der Waals surface area contributed by atoms with Gasteiger partial charge in [-0.05, 0) is 23.8 Å². The van der Waals surface area contributed by atoms with Crippen molar-refractivity contribution in [3.63, 3.8) is 0 Å². The van der Waals surface area contributed by atoms with Crippen molar-refractivity contribution in [1.29, 1.82) is 0 Å². The van der Waals surface area contributed by atoms with Crippen molar-refractivity contribution in [1.82, 2.24) is 20.4 Å². The summed E-state index contributed by atoms with van der Waals surface area (Å²) in [7, 11) is 0. The fourth-order valence-corrected chi connectivity index (χ4v) is 2.42. The van der Waals surface area contributed by atoms with Gasteiger partial charge in [0.25, 0.3) is 11.8 Å². The van der Waals surface area contributed by atoms with Gasteiger partial charge in [0, 0.05) is 25.0 Å². The molecule has 9 heteroatoms. The Bertz CT molecular complexity index is 918. The van der Waals surface area contributed by atoms with Gasteiger partial charge in [-0.15, -0.1) is 0 Å². The van der Waals surface area contributed by atoms with E-state index in [0.717, 1.165) is 11.8 Å². The number of aromatic nitrogens is 3. The van der Waals surface area contributed by atoms with Gasteiger partial charge in [0.1, 0.15) is 23.6 Å². The number of amides is 2. The number of carbonyl (C=O) groups is 3. The van der Waals surface area contributed by atoms with Gasteiger partial charge in [-0.2, -0.15) is 0 Å². The molecule has 3 rings (SSSR count). The lowest BCUT2D eigenvalue weighted by molar-refractivity contribution is -0.137. The Kier molecular flexibility index (Phi) is 4.88. The van der Waals surface area contributed by atoms with E-state index in [9.17, 15) is 14.4 Å². The number of nitrogens with zero attached hydrogens (tertiary/aromatic N) is 2. The summed E-state index contributed by atoms with van der Waals surface area (Å²) in [6.45, 7) is 0. The molecule has 0 aliphatic carbocycles. The number of primary amides is 1. The second-order valence-electron chi connectivity index (χ2n) is 5.47. The minimum Gasteiger partial charge on any atom is -0.367 e. The maximum atomic E-state index is 12.6. The molecular formula is C17H15N5O4. The Labute approximate surface area is 147 Å². The smallest absolute Gasteiger partial charge is 0.287 e. The average Bonchev–Trinajstić information content (AvgIpc) is 3.32. The van der Waals surface area contributed by atoms with Crippen molar-refractivity contribution in [3.05, 3.63) is 60.2 Å². The Morgan fingerprint density at radius 3 is 2.77 bits per heavy atom. The van der Waals surface area contributed by atoms with E-state index in [-0.39, 0.29) is 17.7 Å². The van der Waals surface area contributed by atoms with Crippen LogP contribution in [0.2, 0.25) is 0 Å². The summed E-state index contributed by atoms with van der Waals surface area (Å²) >= 11 is 0. The third kappa shape index (κ3) is 3.66. The highest BCUT2D eigenvalue weighted by atomic mass is 16.5. The maximum absolute atomic E-state index is 12.6. The first-order chi connectivity index (χ1) is 12.6. The molecule has 3 aromatic rings. The molecule has 0 fully saturated rings. The summed E-state index contributed by atoms with van der Waals surface area (Å²) in [5, 5.41) is 6.31. The number of Topliss-reactive ketones (excluding diaryl/α,β-unsaturated/α-hetero) is 1. The van der Waals surface area contributed by atoms with Crippen LogP contribution >= 0.6 is 0 Å². The predicted molar refractivity (Wildman–Crippen MR) is 89.7 cm³/mol. The van der Waals surface area contributed by atoms with Crippen LogP contribution in [0, 0.1) is 0 Å². The number of H-pyrrole nitrogens is 1. The number of pyridine rings is 1. The van der Waals surface area contributed by atoms with E-state index in [0.29, 0.717) is 5.69 Å². The molecule has 1 unspecified atom stereocenters. The number of carbonyl (C=O) groups excluding carboxylic acids is 3. The third-order valence-electron chi connectivity index (χ3n) is 3.69. The van der Waals surface area contributed by atoms with Crippen molar-refractivity contribution in [2.45, 2.75) is 12.5 Å². The first kappa shape index (κ1) is 17.1. The highest BCUT2D eigenvalue weighted by Crippen LogP contribution is 2.19. The molecule has 0 bridgehead atoms. The van der Waals surface area contributed by atoms with Crippen LogP contribution in [-0.2, 0) is 16.0 Å². The van der Waals surface area contributed by atoms with Crippen LogP contribution < -0.4 is 11.1 Å². The fourth-order valence-electron chi connectivity index (χ4n) is 2.42. The van der Waals surface area contributed by atoms with Crippen molar-refractivity contribution in [2.24, 2.45) is 5.73 Å². The van der Waals surface area contributed by atoms with Crippen LogP contribution in [0.4, 0.5) is 0 Å². The molecule has 0 aliphatic heterocycles. The van der Waals surface area contributed by atoms with Gasteiger partial charge in [0.2, 0.25) is 5.78 Å². The standard InChI is InChI=1S/C17H15N5O4/c18-16(24)15(23)13(7-10-4-6-19-8-10)21-17(25)11-9-26-22-14(11)12-3-1-2-5-20-12/h1-6,8-9,13,19H,7H2,(H2,18,24)(H,21,25). The highest BCUT2D eigenvalue weighted by Gasteiger charge is 2.28. The molecule has 2 amide bonds. The normalized spacial score (nSPS) is 11.7. The van der Waals surface area contributed by atoms with Crippen LogP contribution in [0.1, 0.15) is 15.9 Å². The predicted octanol–water partition coefficient (Wildman–Crippen LogP) is 0.460. The summed E-state index contributed by atoms with van der Waals surface area (Å²) < 4.78 is 4.88. The topological polar surface area (TPSA) is 144 Å². The van der Waals surface area contributed by atoms with Crippen LogP contribution in [0.15, 0.2) is 53.6 Å². The summed E-state index contributed by atoms with van der Waals surface area (Å²) in [5.74, 6) is -2.64. The van der Waals surface area contributed by atoms with Crippen LogP contribution in [0.25, 0.3) is 11.4 Å². The van der Waals surface area contributed by atoms with Crippen LogP contribution in [0.3, 0.4) is 0 Å². The molecule has 9 nitrogen and oxygen atoms in total. The Balaban J connectivity index is 1.83. The molecule has 0 saturated carbocycles. The quantitative estimate of drug-likeness (QED) is 0.526. The van der Waals surface area contributed by atoms with Crippen molar-refractivity contribution < 1.29 is 18.9 Å². The molecule has 0 radical (unpaired) electrons. The number of aromatic amines is 1. The minimum absolute atomic E-state index is 0.0973. The van der Waals surface area contributed by atoms with Gasteiger partial charge in [0.05, 0.1) is 5.69 Å². The number of rotatable bonds is 7. The number of hydrogen-bond acceptors (Lipinski definition) is 6. The van der Waals surface area contributed by atoms with Gasteiger partial charge in [-0.3, -0.25) is 19.4 Å². The lowest BCUT2D eigenvalue weighted by atomic mass is 10.0. The van der Waals surface area contributed by atoms with Gasteiger partial charge in [-0.25, -0.2) is 0 Å². The van der Waals surface area contributed by atoms with Crippen molar-refractivity contribution in [3.8, 4) is 11.4 Å². The molecular weight excluding hydrogens is 338 g/mol. The summed E-state index contributed by atoms with van der Waals surface area (Å²) in [4.78, 5) is 43.0. The van der Waals surface area contributed by atoms with E-state index >= 15 is 0 Å². The van der Waals surface area contributed by atoms with E-state index in [1.807, 2.05) is 0 Å². The molecule has 0 aromatic carbocycles. The Morgan fingerprint density at radius 1 is 1.27 bits per heavy atom. The molecule has 3 heterocycles. The second-order valence-corrected chi connectivity index (χ2v) is 5.47. The lowest BCUT2D eigenvalue weighted by Gasteiger charge is -2.15. The summed E-state index contributed by atoms with van der Waals surface area (Å²) in [6.07, 6.45) is 6.15. The number of ketones is 1. The van der Waals surface area contributed by atoms with Crippen molar-refractivity contribution >= 4 is 17.6 Å². The zero-order valence-corrected chi connectivity index (χ0v) is 13.5. The second kappa shape index (κ2) is 7.43. The zero-order chi connectivity index (χ0) is 18.5. The Morgan fingerprint density at radius 2 is 2.12 bits per heavy atom. The molecule has 4 N–H and O–H groups in total. The van der Waals surface area contributed by atoms with E-state index < -0.39 is 23.6 Å². The molecule has 0 spiro atoms. The first-order valence-electron chi connectivity index (χ1n) is 7.68. The number of nitrogens with one attached hydrogen (secondary N) is 2. The largest absolute Gasteiger partial charge is 0.367 e. The molecule has 132 valence electrons. The van der Waals surface area contributed by atoms with E-state index in [4.69, 9.17) is 10.3 Å². The van der Waals surface area contributed by atoms with Crippen LogP contribution in [0.5, 0.6) is 0 Å². The number of hydrogen-bond donors (Lipinski definition) is 3. The minimum atomic E-state index is -1.12. The molecule has 26 heavy (non-hydrogen) atoms. The van der Waals surface area contributed by atoms with Gasteiger partial charge >= 0.3 is 0 Å². The lowest BCUT2D eigenvalue weighted by Crippen LogP contribution is -2.47. The van der Waals surface area contributed by atoms with E-state index in [2.05, 4.69) is 20.4 Å². The number of nitrogens with two attached hydrogens (primary N) is 1. The third-order valence-corrected chi connectivity index (χ3v) is 3.69. The molecule has 3 aromatic heterocycles. The highest BCUT2D eigenvalue weighted by molar-refractivity contribution is 6.38. The van der Waals surface area contributed by atoms with Gasteiger partial charge in [-0.1, -0.05) is 11.2 Å². The summed E-state index contributed by atoms with van der Waals surface area (Å²) in [6, 6.07) is 5.75. The average molecular weight is 353 g/mol. The molecule has 0 aliphatic rings. The fraction of sp³-hybridized carbons (Fsp3) is 0.118. The van der Waals surface area contributed by atoms with E-state index in [1.54, 1.807) is 42.9 Å². The zero-order valence-electron chi connectivity index (χ0n) is 13.5. The maximum Gasteiger partial charge on any atom is 0.287 e. The monoisotopic (exact) mass is 353 g/mol. The Hall–Kier alpha value is -3.75. The van der Waals surface area contributed by atoms with Gasteiger partial charge in [0.15, 0.2) is 0 Å².